The Kier molecular flexibility index (Phi) is 3.79. The maximum absolute atomic E-state index is 4.48. The van der Waals surface area contributed by atoms with Crippen molar-refractivity contribution in [1.82, 2.24) is 10.3 Å². The third-order valence-corrected chi connectivity index (χ3v) is 4.25. The number of rotatable bonds is 5. The summed E-state index contributed by atoms with van der Waals surface area (Å²) in [6, 6.07) is 11.2. The van der Waals surface area contributed by atoms with Crippen LogP contribution in [0.2, 0.25) is 0 Å². The highest BCUT2D eigenvalue weighted by Gasteiger charge is 2.28. The largest absolute Gasteiger partial charge is 0.310 e. The molecule has 1 aromatic heterocycles. The van der Waals surface area contributed by atoms with E-state index >= 15 is 0 Å². The molecule has 1 fully saturated rings. The first-order valence-electron chi connectivity index (χ1n) is 7.47. The number of hydrogen-bond acceptors (Lipinski definition) is 2. The van der Waals surface area contributed by atoms with Gasteiger partial charge in [-0.25, -0.2) is 0 Å². The van der Waals surface area contributed by atoms with Crippen LogP contribution in [0, 0.1) is 5.92 Å². The van der Waals surface area contributed by atoms with Gasteiger partial charge in [0.2, 0.25) is 0 Å². The molecule has 0 amide bonds. The van der Waals surface area contributed by atoms with E-state index in [1.165, 1.54) is 36.6 Å². The number of pyridine rings is 1. The van der Waals surface area contributed by atoms with E-state index in [1.54, 1.807) is 0 Å². The molecule has 2 heteroatoms. The van der Waals surface area contributed by atoms with Crippen molar-refractivity contribution in [3.8, 4) is 0 Å². The first kappa shape index (κ1) is 12.6. The van der Waals surface area contributed by atoms with Crippen LogP contribution in [-0.2, 0) is 0 Å². The van der Waals surface area contributed by atoms with Gasteiger partial charge in [0.25, 0.3) is 0 Å². The highest BCUT2D eigenvalue weighted by molar-refractivity contribution is 5.82. The molecule has 2 aromatic rings. The minimum absolute atomic E-state index is 0.501. The van der Waals surface area contributed by atoms with Gasteiger partial charge in [0.05, 0.1) is 5.52 Å². The van der Waals surface area contributed by atoms with Crippen molar-refractivity contribution < 1.29 is 0 Å². The number of aromatic nitrogens is 1. The van der Waals surface area contributed by atoms with E-state index in [1.807, 2.05) is 6.20 Å². The topological polar surface area (TPSA) is 24.9 Å². The molecule has 1 aromatic carbocycles. The van der Waals surface area contributed by atoms with Crippen LogP contribution in [0.4, 0.5) is 0 Å². The van der Waals surface area contributed by atoms with E-state index in [9.17, 15) is 0 Å². The zero-order valence-corrected chi connectivity index (χ0v) is 11.6. The number of fused-ring (bicyclic) bond motifs is 1. The first-order valence-corrected chi connectivity index (χ1v) is 7.47. The lowest BCUT2D eigenvalue weighted by Gasteiger charge is -2.35. The standard InChI is InChI=1S/C17H22N2/c1-2-11-19-17(13-6-5-7-13)15-10-12-18-16-9-4-3-8-14(15)16/h3-4,8-10,12-13,17,19H,2,5-7,11H2,1H3. The Morgan fingerprint density at radius 2 is 2.11 bits per heavy atom. The van der Waals surface area contributed by atoms with Crippen molar-refractivity contribution in [3.05, 3.63) is 42.1 Å². The van der Waals surface area contributed by atoms with Crippen LogP contribution in [0.25, 0.3) is 10.9 Å². The molecule has 1 heterocycles. The minimum Gasteiger partial charge on any atom is -0.310 e. The van der Waals surface area contributed by atoms with E-state index in [0.717, 1.165) is 18.0 Å². The van der Waals surface area contributed by atoms with Crippen molar-refractivity contribution in [2.45, 2.75) is 38.6 Å². The SMILES string of the molecule is CCCNC(c1ccnc2ccccc12)C1CCC1. The molecule has 0 spiro atoms. The number of para-hydroxylation sites is 1. The predicted octanol–water partition coefficient (Wildman–Crippen LogP) is 4.08. The zero-order chi connectivity index (χ0) is 13.1. The molecule has 2 nitrogen and oxygen atoms in total. The van der Waals surface area contributed by atoms with Gasteiger partial charge in [-0.15, -0.1) is 0 Å². The summed E-state index contributed by atoms with van der Waals surface area (Å²) < 4.78 is 0. The highest BCUT2D eigenvalue weighted by atomic mass is 14.9. The third kappa shape index (κ3) is 2.50. The smallest absolute Gasteiger partial charge is 0.0705 e. The Bertz CT molecular complexity index is 540. The molecule has 1 saturated carbocycles. The Morgan fingerprint density at radius 1 is 1.26 bits per heavy atom. The Labute approximate surface area is 115 Å². The van der Waals surface area contributed by atoms with Crippen molar-refractivity contribution in [1.29, 1.82) is 0 Å². The van der Waals surface area contributed by atoms with Crippen LogP contribution in [-0.4, -0.2) is 11.5 Å². The molecular weight excluding hydrogens is 232 g/mol. The molecule has 19 heavy (non-hydrogen) atoms. The van der Waals surface area contributed by atoms with E-state index in [0.29, 0.717) is 6.04 Å². The molecule has 0 radical (unpaired) electrons. The maximum Gasteiger partial charge on any atom is 0.0705 e. The van der Waals surface area contributed by atoms with Crippen molar-refractivity contribution >= 4 is 10.9 Å². The minimum atomic E-state index is 0.501. The maximum atomic E-state index is 4.48. The van der Waals surface area contributed by atoms with E-state index in [-0.39, 0.29) is 0 Å². The fourth-order valence-corrected chi connectivity index (χ4v) is 2.99. The van der Waals surface area contributed by atoms with Crippen LogP contribution in [0.5, 0.6) is 0 Å². The first-order chi connectivity index (χ1) is 9.40. The zero-order valence-electron chi connectivity index (χ0n) is 11.6. The molecule has 1 aliphatic carbocycles. The van der Waals surface area contributed by atoms with Gasteiger partial charge in [0, 0.05) is 17.6 Å². The monoisotopic (exact) mass is 254 g/mol. The van der Waals surface area contributed by atoms with Gasteiger partial charge in [-0.1, -0.05) is 31.5 Å². The van der Waals surface area contributed by atoms with Gasteiger partial charge in [-0.3, -0.25) is 4.98 Å². The Hall–Kier alpha value is -1.41. The fraction of sp³-hybridized carbons (Fsp3) is 0.471. The van der Waals surface area contributed by atoms with Crippen molar-refractivity contribution in [2.75, 3.05) is 6.54 Å². The Balaban J connectivity index is 1.98. The number of nitrogens with one attached hydrogen (secondary N) is 1. The lowest BCUT2D eigenvalue weighted by Crippen LogP contribution is -2.32. The molecule has 1 aliphatic rings. The van der Waals surface area contributed by atoms with Crippen LogP contribution >= 0.6 is 0 Å². The fourth-order valence-electron chi connectivity index (χ4n) is 2.99. The third-order valence-electron chi connectivity index (χ3n) is 4.25. The summed E-state index contributed by atoms with van der Waals surface area (Å²) in [5.74, 6) is 0.803. The number of nitrogens with zero attached hydrogens (tertiary/aromatic N) is 1. The van der Waals surface area contributed by atoms with Gasteiger partial charge in [0.15, 0.2) is 0 Å². The summed E-state index contributed by atoms with van der Waals surface area (Å²) in [6.07, 6.45) is 7.25. The van der Waals surface area contributed by atoms with Crippen LogP contribution in [0.15, 0.2) is 36.5 Å². The second kappa shape index (κ2) is 5.70. The molecule has 0 bridgehead atoms. The van der Waals surface area contributed by atoms with Gasteiger partial charge in [0.1, 0.15) is 0 Å². The molecule has 0 aliphatic heterocycles. The van der Waals surface area contributed by atoms with Gasteiger partial charge >= 0.3 is 0 Å². The van der Waals surface area contributed by atoms with Crippen LogP contribution in [0.3, 0.4) is 0 Å². The van der Waals surface area contributed by atoms with Crippen molar-refractivity contribution in [2.24, 2.45) is 5.92 Å². The summed E-state index contributed by atoms with van der Waals surface area (Å²) in [7, 11) is 0. The molecule has 1 atom stereocenters. The summed E-state index contributed by atoms with van der Waals surface area (Å²) in [4.78, 5) is 4.48. The van der Waals surface area contributed by atoms with Crippen molar-refractivity contribution in [3.63, 3.8) is 0 Å². The lowest BCUT2D eigenvalue weighted by atomic mass is 9.76. The average molecular weight is 254 g/mol. The quantitative estimate of drug-likeness (QED) is 0.869. The molecule has 0 saturated heterocycles. The highest BCUT2D eigenvalue weighted by Crippen LogP contribution is 2.39. The van der Waals surface area contributed by atoms with Crippen LogP contribution < -0.4 is 5.32 Å². The second-order valence-corrected chi connectivity index (χ2v) is 5.54. The summed E-state index contributed by atoms with van der Waals surface area (Å²) in [6.45, 7) is 3.33. The van der Waals surface area contributed by atoms with E-state index < -0.39 is 0 Å². The lowest BCUT2D eigenvalue weighted by molar-refractivity contribution is 0.232. The molecule has 3 rings (SSSR count). The molecule has 1 N–H and O–H groups in total. The Morgan fingerprint density at radius 3 is 2.84 bits per heavy atom. The van der Waals surface area contributed by atoms with E-state index in [2.05, 4.69) is 47.6 Å². The van der Waals surface area contributed by atoms with Crippen LogP contribution in [0.1, 0.15) is 44.2 Å². The van der Waals surface area contributed by atoms with Gasteiger partial charge < -0.3 is 5.32 Å². The van der Waals surface area contributed by atoms with E-state index in [4.69, 9.17) is 0 Å². The van der Waals surface area contributed by atoms with Gasteiger partial charge in [-0.05, 0) is 49.4 Å². The molecule has 1 unspecified atom stereocenters. The second-order valence-electron chi connectivity index (χ2n) is 5.54. The number of hydrogen-bond donors (Lipinski definition) is 1. The normalized spacial score (nSPS) is 17.3. The van der Waals surface area contributed by atoms with Gasteiger partial charge in [-0.2, -0.15) is 0 Å². The molecule has 100 valence electrons. The summed E-state index contributed by atoms with van der Waals surface area (Å²) in [5.41, 5.74) is 2.55. The summed E-state index contributed by atoms with van der Waals surface area (Å²) >= 11 is 0. The average Bonchev–Trinajstić information content (AvgIpc) is 2.41. The molecular formula is C17H22N2. The summed E-state index contributed by atoms with van der Waals surface area (Å²) in [5, 5.41) is 5.06. The predicted molar refractivity (Wildman–Crippen MR) is 80.1 cm³/mol. The number of benzene rings is 1.